The summed E-state index contributed by atoms with van der Waals surface area (Å²) in [4.78, 5) is 12.5. The van der Waals surface area contributed by atoms with Gasteiger partial charge < -0.3 is 0 Å². The number of sulfonamides is 1. The van der Waals surface area contributed by atoms with E-state index in [0.717, 1.165) is 21.9 Å². The van der Waals surface area contributed by atoms with Gasteiger partial charge in [-0.05, 0) is 66.6 Å². The quantitative estimate of drug-likeness (QED) is 0.333. The van der Waals surface area contributed by atoms with E-state index in [1.54, 1.807) is 55.5 Å². The first kappa shape index (κ1) is 24.0. The zero-order valence-corrected chi connectivity index (χ0v) is 20.6. The number of halogens is 2. The number of carbonyl (C=O) groups excluding carboxylic acids is 1. The van der Waals surface area contributed by atoms with Crippen molar-refractivity contribution in [3.8, 4) is 0 Å². The summed E-state index contributed by atoms with van der Waals surface area (Å²) in [6.45, 7) is 1.95. The van der Waals surface area contributed by atoms with Crippen LogP contribution in [0.2, 0.25) is 5.02 Å². The third kappa shape index (κ3) is 6.41. The number of hydrogen-bond donors (Lipinski definition) is 1. The molecule has 0 aliphatic rings. The van der Waals surface area contributed by atoms with Crippen molar-refractivity contribution < 1.29 is 13.2 Å². The highest BCUT2D eigenvalue weighted by Gasteiger charge is 2.18. The van der Waals surface area contributed by atoms with Gasteiger partial charge >= 0.3 is 0 Å². The van der Waals surface area contributed by atoms with Gasteiger partial charge in [0.1, 0.15) is 0 Å². The number of nitrogens with zero attached hydrogens (tertiary/aromatic N) is 2. The minimum absolute atomic E-state index is 0.150. The highest BCUT2D eigenvalue weighted by Crippen LogP contribution is 2.22. The first-order chi connectivity index (χ1) is 15.1. The van der Waals surface area contributed by atoms with E-state index in [2.05, 4.69) is 26.5 Å². The average molecular weight is 535 g/mol. The zero-order chi connectivity index (χ0) is 23.3. The molecule has 3 aromatic rings. The molecule has 9 heteroatoms. The molecular formula is C23H21BrClN3O3S. The molecule has 3 aromatic carbocycles. The van der Waals surface area contributed by atoms with E-state index in [1.165, 1.54) is 4.31 Å². The van der Waals surface area contributed by atoms with Crippen LogP contribution in [-0.4, -0.2) is 26.3 Å². The summed E-state index contributed by atoms with van der Waals surface area (Å²) < 4.78 is 26.9. The van der Waals surface area contributed by atoms with E-state index in [9.17, 15) is 13.2 Å². The van der Waals surface area contributed by atoms with Crippen molar-refractivity contribution in [2.45, 2.75) is 13.5 Å². The van der Waals surface area contributed by atoms with Crippen LogP contribution < -0.4 is 9.73 Å². The highest BCUT2D eigenvalue weighted by molar-refractivity contribution is 9.10. The fraction of sp³-hybridized carbons (Fsp3) is 0.130. The molecule has 0 saturated heterocycles. The maximum atomic E-state index is 12.5. The Kier molecular flexibility index (Phi) is 7.71. The number of anilines is 1. The van der Waals surface area contributed by atoms with Gasteiger partial charge in [-0.3, -0.25) is 9.10 Å². The Morgan fingerprint density at radius 1 is 1.03 bits per heavy atom. The fourth-order valence-corrected chi connectivity index (χ4v) is 4.33. The molecule has 0 saturated carbocycles. The summed E-state index contributed by atoms with van der Waals surface area (Å²) in [5.41, 5.74) is 5.66. The summed E-state index contributed by atoms with van der Waals surface area (Å²) >= 11 is 9.32. The Labute approximate surface area is 201 Å². The average Bonchev–Trinajstić information content (AvgIpc) is 2.76. The molecule has 6 nitrogen and oxygen atoms in total. The van der Waals surface area contributed by atoms with E-state index >= 15 is 0 Å². The van der Waals surface area contributed by atoms with Crippen LogP contribution in [0.25, 0.3) is 0 Å². The summed E-state index contributed by atoms with van der Waals surface area (Å²) in [5, 5.41) is 4.73. The van der Waals surface area contributed by atoms with Gasteiger partial charge in [-0.2, -0.15) is 5.10 Å². The third-order valence-corrected chi connectivity index (χ3v) is 6.51. The van der Waals surface area contributed by atoms with Crippen LogP contribution >= 0.6 is 27.5 Å². The standard InChI is InChI=1S/C23H21BrClN3O3S/c1-16(19-4-3-5-20(24)14-19)26-27-23(29)18-8-12-22(13-9-18)28(32(2,30)31)15-17-6-10-21(25)11-7-17/h3-14H,15H2,1-2H3,(H,27,29)/b26-16-. The lowest BCUT2D eigenvalue weighted by atomic mass is 10.1. The molecule has 0 aromatic heterocycles. The molecule has 0 aliphatic carbocycles. The van der Waals surface area contributed by atoms with Crippen LogP contribution in [0, 0.1) is 0 Å². The van der Waals surface area contributed by atoms with Crippen LogP contribution in [0.5, 0.6) is 0 Å². The number of hydrazone groups is 1. The van der Waals surface area contributed by atoms with Crippen LogP contribution in [0.1, 0.15) is 28.4 Å². The predicted octanol–water partition coefficient (Wildman–Crippen LogP) is 5.22. The molecule has 0 aliphatic heterocycles. The van der Waals surface area contributed by atoms with E-state index in [-0.39, 0.29) is 6.54 Å². The van der Waals surface area contributed by atoms with E-state index in [4.69, 9.17) is 11.6 Å². The van der Waals surface area contributed by atoms with Crippen LogP contribution in [0.4, 0.5) is 5.69 Å². The van der Waals surface area contributed by atoms with E-state index in [0.29, 0.717) is 22.0 Å². The van der Waals surface area contributed by atoms with E-state index in [1.807, 2.05) is 24.3 Å². The molecule has 3 rings (SSSR count). The minimum atomic E-state index is -3.54. The van der Waals surface area contributed by atoms with Gasteiger partial charge in [0.2, 0.25) is 10.0 Å². The molecule has 166 valence electrons. The third-order valence-electron chi connectivity index (χ3n) is 4.62. The van der Waals surface area contributed by atoms with Gasteiger partial charge in [-0.1, -0.05) is 51.8 Å². The first-order valence-electron chi connectivity index (χ1n) is 9.56. The monoisotopic (exact) mass is 533 g/mol. The number of amides is 1. The molecule has 0 fully saturated rings. The normalized spacial score (nSPS) is 11.8. The Morgan fingerprint density at radius 3 is 2.28 bits per heavy atom. The molecule has 0 bridgehead atoms. The highest BCUT2D eigenvalue weighted by atomic mass is 79.9. The van der Waals surface area contributed by atoms with Crippen molar-refractivity contribution in [3.63, 3.8) is 0 Å². The maximum absolute atomic E-state index is 12.5. The largest absolute Gasteiger partial charge is 0.271 e. The summed E-state index contributed by atoms with van der Waals surface area (Å²) in [5.74, 6) is -0.394. The van der Waals surface area contributed by atoms with Crippen molar-refractivity contribution in [1.82, 2.24) is 5.43 Å². The fourth-order valence-electron chi connectivity index (χ4n) is 2.91. The molecule has 0 spiro atoms. The Bertz CT molecular complexity index is 1240. The summed E-state index contributed by atoms with van der Waals surface area (Å²) in [6.07, 6.45) is 1.14. The Hall–Kier alpha value is -2.68. The minimum Gasteiger partial charge on any atom is -0.267 e. The number of benzene rings is 3. The van der Waals surface area contributed by atoms with Gasteiger partial charge in [0.25, 0.3) is 5.91 Å². The van der Waals surface area contributed by atoms with Crippen molar-refractivity contribution in [1.29, 1.82) is 0 Å². The topological polar surface area (TPSA) is 78.8 Å². The number of carbonyl (C=O) groups is 1. The van der Waals surface area contributed by atoms with Crippen molar-refractivity contribution in [2.75, 3.05) is 10.6 Å². The zero-order valence-electron chi connectivity index (χ0n) is 17.4. The molecule has 1 amide bonds. The van der Waals surface area contributed by atoms with Crippen molar-refractivity contribution >= 4 is 54.9 Å². The van der Waals surface area contributed by atoms with Gasteiger partial charge in [-0.15, -0.1) is 0 Å². The van der Waals surface area contributed by atoms with Gasteiger partial charge in [-0.25, -0.2) is 13.8 Å². The number of nitrogens with one attached hydrogen (secondary N) is 1. The van der Waals surface area contributed by atoms with Gasteiger partial charge in [0.15, 0.2) is 0 Å². The Morgan fingerprint density at radius 2 is 1.69 bits per heavy atom. The van der Waals surface area contributed by atoms with E-state index < -0.39 is 15.9 Å². The lowest BCUT2D eigenvalue weighted by Crippen LogP contribution is -2.29. The Balaban J connectivity index is 1.75. The predicted molar refractivity (Wildman–Crippen MR) is 133 cm³/mol. The lowest BCUT2D eigenvalue weighted by molar-refractivity contribution is 0.0955. The van der Waals surface area contributed by atoms with Gasteiger partial charge in [0.05, 0.1) is 24.2 Å². The second-order valence-corrected chi connectivity index (χ2v) is 10.4. The lowest BCUT2D eigenvalue weighted by Gasteiger charge is -2.22. The van der Waals surface area contributed by atoms with Crippen molar-refractivity contribution in [3.05, 3.63) is 99.0 Å². The molecule has 0 atom stereocenters. The molecule has 0 radical (unpaired) electrons. The second kappa shape index (κ2) is 10.3. The van der Waals surface area contributed by atoms with Crippen molar-refractivity contribution in [2.24, 2.45) is 5.10 Å². The van der Waals surface area contributed by atoms with Crippen LogP contribution in [0.15, 0.2) is 82.4 Å². The van der Waals surface area contributed by atoms with Crippen LogP contribution in [-0.2, 0) is 16.6 Å². The first-order valence-corrected chi connectivity index (χ1v) is 12.6. The summed E-state index contributed by atoms with van der Waals surface area (Å²) in [7, 11) is -3.54. The molecule has 0 heterocycles. The maximum Gasteiger partial charge on any atom is 0.271 e. The van der Waals surface area contributed by atoms with Gasteiger partial charge in [0, 0.05) is 15.1 Å². The molecule has 32 heavy (non-hydrogen) atoms. The number of hydrogen-bond acceptors (Lipinski definition) is 4. The molecule has 0 unspecified atom stereocenters. The SMILES string of the molecule is C/C(=N/NC(=O)c1ccc(N(Cc2ccc(Cl)cc2)S(C)(=O)=O)cc1)c1cccc(Br)c1. The molecular weight excluding hydrogens is 514 g/mol. The number of rotatable bonds is 7. The molecule has 1 N–H and O–H groups in total. The van der Waals surface area contributed by atoms with Crippen LogP contribution in [0.3, 0.4) is 0 Å². The smallest absolute Gasteiger partial charge is 0.267 e. The summed E-state index contributed by atoms with van der Waals surface area (Å²) in [6, 6.07) is 20.9. The second-order valence-electron chi connectivity index (χ2n) is 7.09.